The Kier molecular flexibility index (Phi) is 3.92. The summed E-state index contributed by atoms with van der Waals surface area (Å²) in [5.41, 5.74) is 1.04. The van der Waals surface area contributed by atoms with E-state index in [2.05, 4.69) is 9.64 Å². The molecule has 0 spiro atoms. The molecule has 1 aromatic carbocycles. The number of ether oxygens (including phenoxy) is 1. The normalized spacial score (nSPS) is 26.2. The number of likely N-dealkylation sites (tertiary alicyclic amines) is 1. The van der Waals surface area contributed by atoms with Crippen molar-refractivity contribution in [2.45, 2.75) is 31.3 Å². The van der Waals surface area contributed by atoms with Crippen LogP contribution in [0.4, 0.5) is 13.2 Å². The summed E-state index contributed by atoms with van der Waals surface area (Å²) in [5, 5.41) is 0. The minimum absolute atomic E-state index is 0.00713. The van der Waals surface area contributed by atoms with Crippen LogP contribution in [-0.4, -0.2) is 31.0 Å². The van der Waals surface area contributed by atoms with Crippen LogP contribution < -0.4 is 0 Å². The number of hydrogen-bond acceptors (Lipinski definition) is 2. The molecule has 0 unspecified atom stereocenters. The molecule has 1 heterocycles. The number of halogens is 3. The van der Waals surface area contributed by atoms with Gasteiger partial charge in [0.2, 0.25) is 0 Å². The Morgan fingerprint density at radius 1 is 1.22 bits per heavy atom. The summed E-state index contributed by atoms with van der Waals surface area (Å²) in [6.45, 7) is 0.611. The second-order valence-corrected chi connectivity index (χ2v) is 4.62. The van der Waals surface area contributed by atoms with E-state index in [0.29, 0.717) is 19.4 Å². The number of hydrogen-bond donors (Lipinski definition) is 0. The molecule has 1 aromatic rings. The SMILES string of the molecule is CN1CC[C@H](OC(F)(F)F)C[C@@H]1c1ccccc1. The molecule has 0 aliphatic carbocycles. The van der Waals surface area contributed by atoms with E-state index in [0.717, 1.165) is 5.56 Å². The second-order valence-electron chi connectivity index (χ2n) is 4.62. The van der Waals surface area contributed by atoms with E-state index in [1.165, 1.54) is 0 Å². The first-order chi connectivity index (χ1) is 8.46. The number of piperidine rings is 1. The Hall–Kier alpha value is -1.07. The van der Waals surface area contributed by atoms with Crippen LogP contribution in [-0.2, 0) is 4.74 Å². The molecule has 0 aromatic heterocycles. The zero-order chi connectivity index (χ0) is 13.2. The summed E-state index contributed by atoms with van der Waals surface area (Å²) in [5.74, 6) is 0. The molecule has 5 heteroatoms. The number of nitrogens with zero attached hydrogens (tertiary/aromatic N) is 1. The lowest BCUT2D eigenvalue weighted by molar-refractivity contribution is -0.347. The lowest BCUT2D eigenvalue weighted by Gasteiger charge is -2.37. The third-order valence-electron chi connectivity index (χ3n) is 3.31. The first-order valence-electron chi connectivity index (χ1n) is 5.95. The second kappa shape index (κ2) is 5.28. The predicted octanol–water partition coefficient (Wildman–Crippen LogP) is 3.36. The topological polar surface area (TPSA) is 12.5 Å². The van der Waals surface area contributed by atoms with Gasteiger partial charge in [0.05, 0.1) is 6.10 Å². The number of benzene rings is 1. The summed E-state index contributed by atoms with van der Waals surface area (Å²) in [6, 6.07) is 9.58. The number of alkyl halides is 3. The Bertz CT molecular complexity index is 380. The summed E-state index contributed by atoms with van der Waals surface area (Å²) < 4.78 is 40.8. The zero-order valence-corrected chi connectivity index (χ0v) is 10.2. The van der Waals surface area contributed by atoms with Crippen molar-refractivity contribution in [2.75, 3.05) is 13.6 Å². The van der Waals surface area contributed by atoms with E-state index in [9.17, 15) is 13.2 Å². The van der Waals surface area contributed by atoms with Crippen molar-refractivity contribution >= 4 is 0 Å². The van der Waals surface area contributed by atoms with Gasteiger partial charge in [-0.2, -0.15) is 0 Å². The molecule has 1 aliphatic rings. The molecule has 0 radical (unpaired) electrons. The molecule has 0 amide bonds. The first kappa shape index (κ1) is 13.4. The van der Waals surface area contributed by atoms with Crippen molar-refractivity contribution in [1.82, 2.24) is 4.90 Å². The van der Waals surface area contributed by atoms with E-state index in [1.807, 2.05) is 37.4 Å². The molecule has 1 fully saturated rings. The highest BCUT2D eigenvalue weighted by molar-refractivity contribution is 5.19. The molecular weight excluding hydrogens is 243 g/mol. The van der Waals surface area contributed by atoms with Gasteiger partial charge in [-0.1, -0.05) is 30.3 Å². The lowest BCUT2D eigenvalue weighted by Crippen LogP contribution is -2.39. The minimum atomic E-state index is -4.54. The average molecular weight is 259 g/mol. The molecule has 0 N–H and O–H groups in total. The van der Waals surface area contributed by atoms with E-state index in [4.69, 9.17) is 0 Å². The maximum absolute atomic E-state index is 12.2. The Morgan fingerprint density at radius 3 is 2.50 bits per heavy atom. The highest BCUT2D eigenvalue weighted by Crippen LogP contribution is 2.33. The monoisotopic (exact) mass is 259 g/mol. The lowest BCUT2D eigenvalue weighted by atomic mass is 9.94. The van der Waals surface area contributed by atoms with Gasteiger partial charge in [-0.3, -0.25) is 9.64 Å². The largest absolute Gasteiger partial charge is 0.522 e. The standard InChI is InChI=1S/C13H16F3NO/c1-17-8-7-11(18-13(14,15)16)9-12(17)10-5-3-2-4-6-10/h2-6,11-12H,7-9H2,1H3/t11-,12+/m0/s1. The number of rotatable bonds is 2. The van der Waals surface area contributed by atoms with Gasteiger partial charge in [-0.15, -0.1) is 13.2 Å². The molecule has 1 aliphatic heterocycles. The fourth-order valence-electron chi connectivity index (χ4n) is 2.41. The van der Waals surface area contributed by atoms with Crippen LogP contribution in [0.3, 0.4) is 0 Å². The summed E-state index contributed by atoms with van der Waals surface area (Å²) >= 11 is 0. The third kappa shape index (κ3) is 3.46. The highest BCUT2D eigenvalue weighted by atomic mass is 19.4. The molecule has 18 heavy (non-hydrogen) atoms. The maximum atomic E-state index is 12.2. The molecule has 0 bridgehead atoms. The predicted molar refractivity (Wildman–Crippen MR) is 62.0 cm³/mol. The van der Waals surface area contributed by atoms with Gasteiger partial charge < -0.3 is 0 Å². The van der Waals surface area contributed by atoms with Crippen molar-refractivity contribution in [3.05, 3.63) is 35.9 Å². The molecule has 2 rings (SSSR count). The first-order valence-corrected chi connectivity index (χ1v) is 5.95. The van der Waals surface area contributed by atoms with Gasteiger partial charge >= 0.3 is 6.36 Å². The Balaban J connectivity index is 2.06. The quantitative estimate of drug-likeness (QED) is 0.807. The van der Waals surface area contributed by atoms with Crippen LogP contribution in [0.1, 0.15) is 24.4 Å². The average Bonchev–Trinajstić information content (AvgIpc) is 2.31. The molecule has 0 saturated carbocycles. The van der Waals surface area contributed by atoms with Crippen molar-refractivity contribution in [3.8, 4) is 0 Å². The van der Waals surface area contributed by atoms with Gasteiger partial charge in [0, 0.05) is 12.6 Å². The summed E-state index contributed by atoms with van der Waals surface area (Å²) in [6.07, 6.45) is -4.49. The van der Waals surface area contributed by atoms with Gasteiger partial charge in [0.1, 0.15) is 0 Å². The van der Waals surface area contributed by atoms with Crippen molar-refractivity contribution in [3.63, 3.8) is 0 Å². The van der Waals surface area contributed by atoms with Crippen LogP contribution in [0.2, 0.25) is 0 Å². The molecule has 100 valence electrons. The van der Waals surface area contributed by atoms with Gasteiger partial charge in [-0.25, -0.2) is 0 Å². The van der Waals surface area contributed by atoms with Gasteiger partial charge in [0.15, 0.2) is 0 Å². The van der Waals surface area contributed by atoms with Gasteiger partial charge in [0.25, 0.3) is 0 Å². The Morgan fingerprint density at radius 2 is 1.89 bits per heavy atom. The van der Waals surface area contributed by atoms with E-state index < -0.39 is 12.5 Å². The molecular formula is C13H16F3NO. The zero-order valence-electron chi connectivity index (χ0n) is 10.2. The Labute approximate surface area is 104 Å². The third-order valence-corrected chi connectivity index (χ3v) is 3.31. The molecule has 2 atom stereocenters. The van der Waals surface area contributed by atoms with Crippen LogP contribution in [0, 0.1) is 0 Å². The maximum Gasteiger partial charge on any atom is 0.522 e. The van der Waals surface area contributed by atoms with Crippen LogP contribution >= 0.6 is 0 Å². The molecule has 1 saturated heterocycles. The fourth-order valence-corrected chi connectivity index (χ4v) is 2.41. The summed E-state index contributed by atoms with van der Waals surface area (Å²) in [4.78, 5) is 2.07. The van der Waals surface area contributed by atoms with E-state index in [-0.39, 0.29) is 6.04 Å². The van der Waals surface area contributed by atoms with E-state index in [1.54, 1.807) is 0 Å². The smallest absolute Gasteiger partial charge is 0.299 e. The van der Waals surface area contributed by atoms with Crippen LogP contribution in [0.5, 0.6) is 0 Å². The highest BCUT2D eigenvalue weighted by Gasteiger charge is 2.37. The molecule has 2 nitrogen and oxygen atoms in total. The van der Waals surface area contributed by atoms with E-state index >= 15 is 0 Å². The van der Waals surface area contributed by atoms with Crippen molar-refractivity contribution < 1.29 is 17.9 Å². The fraction of sp³-hybridized carbons (Fsp3) is 0.538. The van der Waals surface area contributed by atoms with Crippen molar-refractivity contribution in [2.24, 2.45) is 0 Å². The minimum Gasteiger partial charge on any atom is -0.299 e. The summed E-state index contributed by atoms with van der Waals surface area (Å²) in [7, 11) is 1.93. The van der Waals surface area contributed by atoms with Crippen LogP contribution in [0.25, 0.3) is 0 Å². The van der Waals surface area contributed by atoms with Gasteiger partial charge in [-0.05, 0) is 25.5 Å². The van der Waals surface area contributed by atoms with Crippen molar-refractivity contribution in [1.29, 1.82) is 0 Å². The van der Waals surface area contributed by atoms with Crippen LogP contribution in [0.15, 0.2) is 30.3 Å².